The minimum Gasteiger partial charge on any atom is -0.493 e. The van der Waals surface area contributed by atoms with Crippen LogP contribution in [0.25, 0.3) is 0 Å². The zero-order valence-electron chi connectivity index (χ0n) is 17.6. The number of piperidine rings is 1. The number of nitrogens with one attached hydrogen (secondary N) is 2. The monoisotopic (exact) mass is 447 g/mol. The number of benzene rings is 1. The number of carbonyl (C=O) groups is 3. The lowest BCUT2D eigenvalue weighted by Gasteiger charge is -2.31. The number of carbonyl (C=O) groups excluding carboxylic acids is 3. The zero-order valence-corrected chi connectivity index (χ0v) is 18.4. The van der Waals surface area contributed by atoms with Crippen molar-refractivity contribution in [2.24, 2.45) is 5.92 Å². The molecule has 1 aromatic heterocycles. The van der Waals surface area contributed by atoms with E-state index >= 15 is 0 Å². The van der Waals surface area contributed by atoms with Crippen molar-refractivity contribution in [2.75, 3.05) is 34.4 Å². The normalized spacial score (nSPS) is 14.0. The van der Waals surface area contributed by atoms with Crippen molar-refractivity contribution in [3.8, 4) is 17.2 Å². The van der Waals surface area contributed by atoms with Crippen molar-refractivity contribution >= 4 is 29.1 Å². The van der Waals surface area contributed by atoms with Crippen LogP contribution in [-0.4, -0.2) is 57.0 Å². The number of thiophene rings is 1. The van der Waals surface area contributed by atoms with Crippen molar-refractivity contribution in [1.82, 2.24) is 15.8 Å². The molecule has 3 amide bonds. The van der Waals surface area contributed by atoms with Gasteiger partial charge in [0.15, 0.2) is 11.5 Å². The lowest BCUT2D eigenvalue weighted by Crippen LogP contribution is -2.48. The van der Waals surface area contributed by atoms with Crippen LogP contribution in [0.15, 0.2) is 29.6 Å². The maximum Gasteiger partial charge on any atom is 0.269 e. The van der Waals surface area contributed by atoms with Gasteiger partial charge in [0.2, 0.25) is 11.7 Å². The minimum absolute atomic E-state index is 0.00967. The van der Waals surface area contributed by atoms with Gasteiger partial charge in [0, 0.05) is 24.6 Å². The molecule has 2 N–H and O–H groups in total. The van der Waals surface area contributed by atoms with E-state index in [0.717, 1.165) is 0 Å². The largest absolute Gasteiger partial charge is 0.493 e. The van der Waals surface area contributed by atoms with Gasteiger partial charge in [0.05, 0.1) is 26.2 Å². The molecule has 1 aliphatic heterocycles. The first-order valence-corrected chi connectivity index (χ1v) is 10.6. The van der Waals surface area contributed by atoms with E-state index in [9.17, 15) is 14.4 Å². The third-order valence-corrected chi connectivity index (χ3v) is 5.97. The van der Waals surface area contributed by atoms with Gasteiger partial charge in [-0.2, -0.15) is 0 Å². The predicted molar refractivity (Wildman–Crippen MR) is 115 cm³/mol. The van der Waals surface area contributed by atoms with Gasteiger partial charge in [-0.3, -0.25) is 25.2 Å². The van der Waals surface area contributed by atoms with Crippen LogP contribution in [-0.2, 0) is 4.79 Å². The van der Waals surface area contributed by atoms with Crippen molar-refractivity contribution in [1.29, 1.82) is 0 Å². The summed E-state index contributed by atoms with van der Waals surface area (Å²) in [5.41, 5.74) is 5.14. The van der Waals surface area contributed by atoms with E-state index in [0.29, 0.717) is 48.1 Å². The van der Waals surface area contributed by atoms with Gasteiger partial charge in [0.1, 0.15) is 0 Å². The van der Waals surface area contributed by atoms with E-state index < -0.39 is 5.91 Å². The molecule has 0 spiro atoms. The summed E-state index contributed by atoms with van der Waals surface area (Å²) in [6.07, 6.45) is 1.06. The Balaban J connectivity index is 1.54. The fourth-order valence-corrected chi connectivity index (χ4v) is 4.10. The lowest BCUT2D eigenvalue weighted by atomic mass is 9.96. The summed E-state index contributed by atoms with van der Waals surface area (Å²) < 4.78 is 15.7. The Morgan fingerprint density at radius 1 is 1.00 bits per heavy atom. The molecule has 166 valence electrons. The highest BCUT2D eigenvalue weighted by Crippen LogP contribution is 2.38. The van der Waals surface area contributed by atoms with Gasteiger partial charge in [0.25, 0.3) is 11.8 Å². The van der Waals surface area contributed by atoms with Crippen molar-refractivity contribution in [2.45, 2.75) is 12.8 Å². The molecule has 31 heavy (non-hydrogen) atoms. The van der Waals surface area contributed by atoms with Crippen LogP contribution in [0.5, 0.6) is 17.2 Å². The highest BCUT2D eigenvalue weighted by Gasteiger charge is 2.28. The van der Waals surface area contributed by atoms with Crippen LogP contribution in [0.4, 0.5) is 0 Å². The van der Waals surface area contributed by atoms with Gasteiger partial charge in [-0.05, 0) is 36.4 Å². The highest BCUT2D eigenvalue weighted by atomic mass is 32.1. The van der Waals surface area contributed by atoms with Gasteiger partial charge < -0.3 is 19.1 Å². The zero-order chi connectivity index (χ0) is 22.4. The van der Waals surface area contributed by atoms with Crippen LogP contribution < -0.4 is 25.1 Å². The predicted octanol–water partition coefficient (Wildman–Crippen LogP) is 2.09. The summed E-state index contributed by atoms with van der Waals surface area (Å²) in [6, 6.07) is 6.63. The highest BCUT2D eigenvalue weighted by molar-refractivity contribution is 7.12. The summed E-state index contributed by atoms with van der Waals surface area (Å²) >= 11 is 1.40. The van der Waals surface area contributed by atoms with E-state index in [2.05, 4.69) is 10.9 Å². The molecule has 10 heteroatoms. The quantitative estimate of drug-likeness (QED) is 0.657. The molecular formula is C21H25N3O6S. The Hall–Kier alpha value is -3.27. The van der Waals surface area contributed by atoms with Gasteiger partial charge in [-0.1, -0.05) is 6.07 Å². The number of rotatable bonds is 6. The first kappa shape index (κ1) is 22.4. The summed E-state index contributed by atoms with van der Waals surface area (Å²) in [4.78, 5) is 39.9. The number of hydrogen-bond donors (Lipinski definition) is 2. The average molecular weight is 448 g/mol. The molecule has 0 radical (unpaired) electrons. The maximum atomic E-state index is 12.5. The maximum absolute atomic E-state index is 12.5. The number of nitrogens with zero attached hydrogens (tertiary/aromatic N) is 1. The first-order valence-electron chi connectivity index (χ1n) is 9.71. The molecule has 0 saturated carbocycles. The number of hydrogen-bond acceptors (Lipinski definition) is 7. The van der Waals surface area contributed by atoms with Gasteiger partial charge in [-0.25, -0.2) is 0 Å². The molecule has 9 nitrogen and oxygen atoms in total. The second-order valence-corrected chi connectivity index (χ2v) is 7.85. The Morgan fingerprint density at radius 3 is 2.16 bits per heavy atom. The smallest absolute Gasteiger partial charge is 0.269 e. The molecule has 2 aromatic rings. The lowest BCUT2D eigenvalue weighted by molar-refractivity contribution is -0.127. The molecule has 2 heterocycles. The topological polar surface area (TPSA) is 106 Å². The second kappa shape index (κ2) is 10.2. The Labute approximate surface area is 184 Å². The molecule has 1 aromatic carbocycles. The molecule has 0 atom stereocenters. The molecule has 0 bridgehead atoms. The Kier molecular flexibility index (Phi) is 7.35. The fourth-order valence-electron chi connectivity index (χ4n) is 3.41. The SMILES string of the molecule is COc1cc(C(=O)NNC(=O)C2CCN(C(=O)c3cccs3)CC2)cc(OC)c1OC. The standard InChI is InChI=1S/C21H25N3O6S/c1-28-15-11-14(12-16(29-2)18(15)30-3)20(26)23-22-19(25)13-6-8-24(9-7-13)21(27)17-5-4-10-31-17/h4-5,10-13H,6-9H2,1-3H3,(H,22,25)(H,23,26). The second-order valence-electron chi connectivity index (χ2n) is 6.90. The van der Waals surface area contributed by atoms with Crippen molar-refractivity contribution in [3.05, 3.63) is 40.1 Å². The van der Waals surface area contributed by atoms with Crippen molar-refractivity contribution < 1.29 is 28.6 Å². The number of methoxy groups -OCH3 is 3. The van der Waals surface area contributed by atoms with Crippen LogP contribution in [0.1, 0.15) is 32.9 Å². The summed E-state index contributed by atoms with van der Waals surface area (Å²) in [5, 5.41) is 1.87. The number of hydrazine groups is 1. The number of ether oxygens (including phenoxy) is 3. The van der Waals surface area contributed by atoms with E-state index in [1.54, 1.807) is 11.0 Å². The number of likely N-dealkylation sites (tertiary alicyclic amines) is 1. The molecule has 1 fully saturated rings. The molecule has 1 saturated heterocycles. The first-order chi connectivity index (χ1) is 15.0. The van der Waals surface area contributed by atoms with Crippen LogP contribution in [0.3, 0.4) is 0 Å². The van der Waals surface area contributed by atoms with Gasteiger partial charge >= 0.3 is 0 Å². The fraction of sp³-hybridized carbons (Fsp3) is 0.381. The van der Waals surface area contributed by atoms with E-state index in [4.69, 9.17) is 14.2 Å². The summed E-state index contributed by atoms with van der Waals surface area (Å²) in [6.45, 7) is 0.991. The third-order valence-electron chi connectivity index (χ3n) is 5.11. The Morgan fingerprint density at radius 2 is 1.65 bits per heavy atom. The van der Waals surface area contributed by atoms with Crippen LogP contribution >= 0.6 is 11.3 Å². The minimum atomic E-state index is -0.516. The van der Waals surface area contributed by atoms with E-state index in [1.807, 2.05) is 11.4 Å². The summed E-state index contributed by atoms with van der Waals surface area (Å²) in [5.74, 6) is -0.0595. The van der Waals surface area contributed by atoms with E-state index in [1.165, 1.54) is 44.8 Å². The molecule has 1 aliphatic rings. The van der Waals surface area contributed by atoms with Crippen LogP contribution in [0, 0.1) is 5.92 Å². The molecule has 3 rings (SSSR count). The molecule has 0 unspecified atom stereocenters. The third kappa shape index (κ3) is 5.08. The summed E-state index contributed by atoms with van der Waals surface area (Å²) in [7, 11) is 4.38. The average Bonchev–Trinajstić information content (AvgIpc) is 3.35. The van der Waals surface area contributed by atoms with Gasteiger partial charge in [-0.15, -0.1) is 11.3 Å². The van der Waals surface area contributed by atoms with Crippen LogP contribution in [0.2, 0.25) is 0 Å². The Bertz CT molecular complexity index is 914. The molecular weight excluding hydrogens is 422 g/mol. The molecule has 0 aliphatic carbocycles. The number of amides is 3. The van der Waals surface area contributed by atoms with E-state index in [-0.39, 0.29) is 23.3 Å². The van der Waals surface area contributed by atoms with Crippen molar-refractivity contribution in [3.63, 3.8) is 0 Å².